The summed E-state index contributed by atoms with van der Waals surface area (Å²) >= 11 is 0. The van der Waals surface area contributed by atoms with Gasteiger partial charge >= 0.3 is 5.82 Å². The van der Waals surface area contributed by atoms with Crippen LogP contribution in [0, 0.1) is 10.2 Å². The predicted octanol–water partition coefficient (Wildman–Crippen LogP) is -0.839. The molecule has 3 aromatic carbocycles. The van der Waals surface area contributed by atoms with Crippen LogP contribution < -0.4 is 28.7 Å². The monoisotopic (exact) mass is 426 g/mol. The normalized spacial score (nSPS) is 10.8. The van der Waals surface area contributed by atoms with Crippen LogP contribution in [0.4, 0.5) is 5.69 Å². The number of hydrogen-bond acceptors (Lipinski definition) is 6. The Kier molecular flexibility index (Phi) is 6.78. The lowest BCUT2D eigenvalue weighted by atomic mass is 10.2. The lowest BCUT2D eigenvalue weighted by Crippen LogP contribution is -2.68. The second-order valence-electron chi connectivity index (χ2n) is 6.19. The fraction of sp³-hybridized carbons (Fsp3) is 0.0476. The Morgan fingerprint density at radius 2 is 1.17 bits per heavy atom. The summed E-state index contributed by atoms with van der Waals surface area (Å²) in [6.07, 6.45) is 0. The van der Waals surface area contributed by atoms with E-state index in [1.807, 2.05) is 83.1 Å². The van der Waals surface area contributed by atoms with Gasteiger partial charge in [-0.1, -0.05) is 54.6 Å². The molecule has 4 rings (SSSR count). The minimum Gasteiger partial charge on any atom is -0.244 e. The van der Waals surface area contributed by atoms with Gasteiger partial charge in [0.15, 0.2) is 0 Å². The van der Waals surface area contributed by atoms with Crippen molar-refractivity contribution in [1.29, 1.82) is 0 Å². The molecular weight excluding hydrogens is 408 g/mol. The second kappa shape index (κ2) is 9.49. The molecule has 0 amide bonds. The maximum atomic E-state index is 8.49. The quantitative estimate of drug-likeness (QED) is 0.424. The van der Waals surface area contributed by atoms with Crippen molar-refractivity contribution in [1.82, 2.24) is 9.78 Å². The Morgan fingerprint density at radius 1 is 0.733 bits per heavy atom. The molecule has 0 unspecified atom stereocenters. The van der Waals surface area contributed by atoms with Crippen LogP contribution in [0.1, 0.15) is 0 Å². The summed E-state index contributed by atoms with van der Waals surface area (Å²) in [5, 5.41) is 4.77. The Bertz CT molecular complexity index is 1060. The number of para-hydroxylation sites is 1. The van der Waals surface area contributed by atoms with Crippen LogP contribution in [0.5, 0.6) is 0 Å². The van der Waals surface area contributed by atoms with Crippen LogP contribution in [0.15, 0.2) is 91.0 Å². The molecule has 30 heavy (non-hydrogen) atoms. The van der Waals surface area contributed by atoms with E-state index in [1.165, 1.54) is 0 Å². The van der Waals surface area contributed by atoms with Crippen molar-refractivity contribution in [2.24, 2.45) is 7.05 Å². The van der Waals surface area contributed by atoms with Gasteiger partial charge in [0.25, 0.3) is 5.82 Å². The fourth-order valence-electron chi connectivity index (χ4n) is 2.90. The predicted molar refractivity (Wildman–Crippen MR) is 99.7 cm³/mol. The van der Waals surface area contributed by atoms with E-state index in [4.69, 9.17) is 23.7 Å². The summed E-state index contributed by atoms with van der Waals surface area (Å²) in [6.45, 7) is 0. The van der Waals surface area contributed by atoms with Gasteiger partial charge in [-0.05, 0) is 36.4 Å². The highest BCUT2D eigenvalue weighted by Crippen LogP contribution is 2.20. The molecule has 0 aliphatic heterocycles. The van der Waals surface area contributed by atoms with Gasteiger partial charge in [-0.2, -0.15) is 0 Å². The van der Waals surface area contributed by atoms with Gasteiger partial charge in [-0.15, -0.1) is 19.6 Å². The SMILES string of the molecule is Cn1nc(-c2ccccc2)[n+](Nc2ccccc2)c1-c1ccccc1.[O-][Cl+3]([O-])([O-])[O-]. The molecule has 4 aromatic rings. The number of hydrogen-bond donors (Lipinski definition) is 1. The first kappa shape index (κ1) is 21.4. The van der Waals surface area contributed by atoms with E-state index in [9.17, 15) is 0 Å². The van der Waals surface area contributed by atoms with E-state index < -0.39 is 10.2 Å². The molecule has 0 radical (unpaired) electrons. The Hall–Kier alpha value is -3.27. The molecule has 1 aromatic heterocycles. The van der Waals surface area contributed by atoms with Crippen molar-refractivity contribution in [3.05, 3.63) is 91.0 Å². The number of anilines is 1. The fourth-order valence-corrected chi connectivity index (χ4v) is 2.90. The van der Waals surface area contributed by atoms with Crippen molar-refractivity contribution in [2.45, 2.75) is 0 Å². The van der Waals surface area contributed by atoms with Crippen molar-refractivity contribution < 1.29 is 33.6 Å². The summed E-state index contributed by atoms with van der Waals surface area (Å²) in [6, 6.07) is 30.6. The lowest BCUT2D eigenvalue weighted by molar-refractivity contribution is -2.00. The third-order valence-corrected chi connectivity index (χ3v) is 4.05. The molecule has 154 valence electrons. The zero-order valence-corrected chi connectivity index (χ0v) is 16.8. The van der Waals surface area contributed by atoms with Gasteiger partial charge < -0.3 is 0 Å². The molecule has 0 saturated carbocycles. The number of aryl methyl sites for hydroxylation is 1. The van der Waals surface area contributed by atoms with Crippen LogP contribution in [0.25, 0.3) is 22.8 Å². The van der Waals surface area contributed by atoms with Crippen molar-refractivity contribution in [2.75, 3.05) is 5.43 Å². The van der Waals surface area contributed by atoms with Crippen LogP contribution in [0.3, 0.4) is 0 Å². The lowest BCUT2D eigenvalue weighted by Gasteiger charge is -2.17. The summed E-state index contributed by atoms with van der Waals surface area (Å²) in [5.41, 5.74) is 6.66. The first-order valence-corrected chi connectivity index (χ1v) is 10.1. The minimum absolute atomic E-state index is 0.866. The molecule has 0 spiro atoms. The molecule has 1 heterocycles. The number of benzene rings is 3. The molecule has 0 aliphatic carbocycles. The van der Waals surface area contributed by atoms with E-state index in [0.717, 1.165) is 28.5 Å². The standard InChI is InChI=1S/C21H19N4.ClHO4/c1-24-21(18-13-7-3-8-14-18)25(22-19-15-9-4-10-16-19)20(23-24)17-11-5-2-6-12-17;2-1(3,4)5/h2-16,22H,1H3;(H,2,3,4,5)/q+1;/p-1. The molecule has 0 saturated heterocycles. The van der Waals surface area contributed by atoms with Gasteiger partial charge in [0.2, 0.25) is 0 Å². The van der Waals surface area contributed by atoms with Gasteiger partial charge in [-0.3, -0.25) is 0 Å². The minimum atomic E-state index is -4.94. The molecule has 9 heteroatoms. The third-order valence-electron chi connectivity index (χ3n) is 4.05. The summed E-state index contributed by atoms with van der Waals surface area (Å²) in [5.74, 6) is 1.86. The highest BCUT2D eigenvalue weighted by Gasteiger charge is 2.26. The summed E-state index contributed by atoms with van der Waals surface area (Å²) < 4.78 is 37.9. The molecule has 0 atom stereocenters. The van der Waals surface area contributed by atoms with Gasteiger partial charge in [0.05, 0.1) is 23.9 Å². The number of aromatic nitrogens is 3. The molecular formula is C21H19ClN4O4. The van der Waals surface area contributed by atoms with Crippen LogP contribution in [-0.2, 0) is 7.05 Å². The molecule has 0 bridgehead atoms. The van der Waals surface area contributed by atoms with E-state index in [-0.39, 0.29) is 0 Å². The van der Waals surface area contributed by atoms with Crippen molar-refractivity contribution in [3.63, 3.8) is 0 Å². The molecule has 0 fully saturated rings. The van der Waals surface area contributed by atoms with E-state index in [1.54, 1.807) is 0 Å². The van der Waals surface area contributed by atoms with Gasteiger partial charge in [0, 0.05) is 5.10 Å². The van der Waals surface area contributed by atoms with E-state index >= 15 is 0 Å². The van der Waals surface area contributed by atoms with Crippen molar-refractivity contribution in [3.8, 4) is 22.8 Å². The smallest absolute Gasteiger partial charge is 0.244 e. The van der Waals surface area contributed by atoms with E-state index in [0.29, 0.717) is 0 Å². The van der Waals surface area contributed by atoms with Crippen molar-refractivity contribution >= 4 is 5.69 Å². The Balaban J connectivity index is 0.000000461. The third kappa shape index (κ3) is 5.86. The van der Waals surface area contributed by atoms with Crippen LogP contribution in [0.2, 0.25) is 0 Å². The number of nitrogens with one attached hydrogen (secondary N) is 1. The Morgan fingerprint density at radius 3 is 1.67 bits per heavy atom. The highest BCUT2D eigenvalue weighted by molar-refractivity contribution is 5.57. The second-order valence-corrected chi connectivity index (χ2v) is 6.95. The number of rotatable bonds is 4. The zero-order valence-electron chi connectivity index (χ0n) is 16.0. The Labute approximate surface area is 175 Å². The topological polar surface area (TPSA) is 126 Å². The maximum absolute atomic E-state index is 8.49. The van der Waals surface area contributed by atoms with Gasteiger partial charge in [0.1, 0.15) is 0 Å². The first-order chi connectivity index (χ1) is 14.3. The van der Waals surface area contributed by atoms with E-state index in [2.05, 4.69) is 29.7 Å². The highest BCUT2D eigenvalue weighted by atomic mass is 35.7. The average molecular weight is 427 g/mol. The summed E-state index contributed by atoms with van der Waals surface area (Å²) in [7, 11) is -2.97. The summed E-state index contributed by atoms with van der Waals surface area (Å²) in [4.78, 5) is 0. The average Bonchev–Trinajstić information content (AvgIpc) is 3.05. The number of halogens is 1. The first-order valence-electron chi connectivity index (χ1n) is 8.86. The molecule has 8 nitrogen and oxygen atoms in total. The molecule has 0 aliphatic rings. The largest absolute Gasteiger partial charge is 0.331 e. The van der Waals surface area contributed by atoms with Gasteiger partial charge in [-0.25, -0.2) is 24.1 Å². The van der Waals surface area contributed by atoms with Crippen LogP contribution >= 0.6 is 0 Å². The maximum Gasteiger partial charge on any atom is 0.331 e. The zero-order chi connectivity index (χ0) is 21.6. The molecule has 1 N–H and O–H groups in total. The van der Waals surface area contributed by atoms with Crippen LogP contribution in [-0.4, -0.2) is 9.78 Å². The number of nitrogens with zero attached hydrogens (tertiary/aromatic N) is 3.